The molecule has 106 valence electrons. The zero-order chi connectivity index (χ0) is 14.6. The van der Waals surface area contributed by atoms with Gasteiger partial charge in [0.15, 0.2) is 10.3 Å². The molecule has 19 heavy (non-hydrogen) atoms. The van der Waals surface area contributed by atoms with Gasteiger partial charge in [0.2, 0.25) is 0 Å². The molecule has 1 aromatic heterocycles. The molecule has 0 N–H and O–H groups in total. The molecule has 0 bridgehead atoms. The molecule has 1 aromatic rings. The SMILES string of the molecule is CS/C(=N\C(=S)N(C)C)N(C)c1nc(=[N+](C)C)ss1. The molecule has 0 radical (unpaired) electrons. The van der Waals surface area contributed by atoms with Gasteiger partial charge < -0.3 is 4.90 Å². The van der Waals surface area contributed by atoms with Crippen molar-refractivity contribution in [3.8, 4) is 0 Å². The van der Waals surface area contributed by atoms with Gasteiger partial charge in [-0.05, 0) is 28.8 Å². The van der Waals surface area contributed by atoms with Gasteiger partial charge >= 0.3 is 9.93 Å². The number of amidine groups is 1. The highest BCUT2D eigenvalue weighted by atomic mass is 32.9. The van der Waals surface area contributed by atoms with Gasteiger partial charge in [-0.25, -0.2) is 0 Å². The summed E-state index contributed by atoms with van der Waals surface area (Å²) in [5.41, 5.74) is 0. The van der Waals surface area contributed by atoms with Crippen LogP contribution in [-0.2, 0) is 0 Å². The van der Waals surface area contributed by atoms with Gasteiger partial charge in [-0.2, -0.15) is 4.99 Å². The molecule has 0 aliphatic carbocycles. The summed E-state index contributed by atoms with van der Waals surface area (Å²) in [6.45, 7) is 0. The number of rotatable bonds is 1. The van der Waals surface area contributed by atoms with Crippen LogP contribution >= 0.6 is 44.7 Å². The second-order valence-electron chi connectivity index (χ2n) is 4.07. The predicted octanol–water partition coefficient (Wildman–Crippen LogP) is 1.24. The van der Waals surface area contributed by atoms with Gasteiger partial charge in [-0.3, -0.25) is 9.48 Å². The fourth-order valence-corrected chi connectivity index (χ4v) is 4.02. The predicted molar refractivity (Wildman–Crippen MR) is 92.7 cm³/mol. The Morgan fingerprint density at radius 2 is 1.95 bits per heavy atom. The Labute approximate surface area is 130 Å². The summed E-state index contributed by atoms with van der Waals surface area (Å²) in [5, 5.41) is 2.32. The Morgan fingerprint density at radius 1 is 1.32 bits per heavy atom. The van der Waals surface area contributed by atoms with Gasteiger partial charge in [0.1, 0.15) is 0 Å². The van der Waals surface area contributed by atoms with E-state index in [2.05, 4.69) is 9.98 Å². The van der Waals surface area contributed by atoms with Crippen LogP contribution < -0.4 is 14.3 Å². The Bertz CT molecular complexity index is 538. The number of aliphatic imine (C=N–C) groups is 1. The van der Waals surface area contributed by atoms with Gasteiger partial charge in [0, 0.05) is 36.5 Å². The van der Waals surface area contributed by atoms with E-state index in [-0.39, 0.29) is 0 Å². The van der Waals surface area contributed by atoms with Crippen molar-refractivity contribution in [2.75, 3.05) is 46.4 Å². The molecule has 0 amide bonds. The third kappa shape index (κ3) is 4.51. The van der Waals surface area contributed by atoms with Crippen LogP contribution in [0.2, 0.25) is 0 Å². The van der Waals surface area contributed by atoms with Gasteiger partial charge in [0.25, 0.3) is 0 Å². The molecule has 0 saturated heterocycles. The number of aromatic nitrogens is 1. The molecule has 0 saturated carbocycles. The summed E-state index contributed by atoms with van der Waals surface area (Å²) in [5.74, 6) is 0. The summed E-state index contributed by atoms with van der Waals surface area (Å²) >= 11 is 6.77. The van der Waals surface area contributed by atoms with Gasteiger partial charge in [-0.1, -0.05) is 11.8 Å². The van der Waals surface area contributed by atoms with E-state index in [0.29, 0.717) is 5.11 Å². The largest absolute Gasteiger partial charge is 0.390 e. The second-order valence-corrected chi connectivity index (χ2v) is 7.27. The van der Waals surface area contributed by atoms with E-state index in [1.807, 2.05) is 55.9 Å². The van der Waals surface area contributed by atoms with Gasteiger partial charge in [-0.15, -0.1) is 0 Å². The number of thiocarbonyl (C=S) groups is 1. The van der Waals surface area contributed by atoms with Crippen molar-refractivity contribution >= 4 is 60.1 Å². The van der Waals surface area contributed by atoms with Gasteiger partial charge in [0.05, 0.1) is 14.1 Å². The molecule has 1 heterocycles. The van der Waals surface area contributed by atoms with Crippen molar-refractivity contribution in [1.82, 2.24) is 14.5 Å². The molecular formula is C10H18N5S4+. The average Bonchev–Trinajstić information content (AvgIpc) is 2.84. The van der Waals surface area contributed by atoms with E-state index in [0.717, 1.165) is 15.1 Å². The fourth-order valence-electron chi connectivity index (χ4n) is 1.02. The quantitative estimate of drug-likeness (QED) is 0.253. The second kappa shape index (κ2) is 7.32. The van der Waals surface area contributed by atoms with E-state index in [1.165, 1.54) is 0 Å². The Hall–Kier alpha value is -0.510. The van der Waals surface area contributed by atoms with Crippen molar-refractivity contribution in [3.05, 3.63) is 4.80 Å². The van der Waals surface area contributed by atoms with E-state index in [9.17, 15) is 0 Å². The van der Waals surface area contributed by atoms with E-state index in [1.54, 1.807) is 32.4 Å². The van der Waals surface area contributed by atoms with Crippen LogP contribution in [0.25, 0.3) is 0 Å². The standard InChI is InChI=1S/C10H18N5S4/c1-13(2)7(16)11-9(17-6)15(5)10-12-8(14(3)4)18-19-10/h1-6H3/q+1/b11-9-. The highest BCUT2D eigenvalue weighted by Crippen LogP contribution is 2.20. The smallest absolute Gasteiger partial charge is 0.354 e. The molecule has 1 rings (SSSR count). The van der Waals surface area contributed by atoms with Crippen LogP contribution in [0.4, 0.5) is 5.13 Å². The fraction of sp³-hybridized carbons (Fsp3) is 0.600. The van der Waals surface area contributed by atoms with Crippen molar-refractivity contribution in [2.24, 2.45) is 4.99 Å². The normalized spacial score (nSPS) is 11.4. The van der Waals surface area contributed by atoms with Crippen LogP contribution in [0.15, 0.2) is 4.99 Å². The van der Waals surface area contributed by atoms with Crippen LogP contribution in [-0.4, -0.2) is 61.7 Å². The third-order valence-electron chi connectivity index (χ3n) is 2.09. The highest BCUT2D eigenvalue weighted by Gasteiger charge is 2.18. The van der Waals surface area contributed by atoms with Crippen LogP contribution in [0.3, 0.4) is 0 Å². The first-order chi connectivity index (χ1) is 8.86. The number of anilines is 1. The molecule has 0 atom stereocenters. The lowest BCUT2D eigenvalue weighted by Crippen LogP contribution is -2.28. The zero-order valence-corrected chi connectivity index (χ0v) is 15.1. The molecule has 0 aliphatic rings. The maximum absolute atomic E-state index is 5.21. The third-order valence-corrected chi connectivity index (χ3v) is 5.63. The minimum Gasteiger partial charge on any atom is -0.354 e. The van der Waals surface area contributed by atoms with Crippen LogP contribution in [0.1, 0.15) is 0 Å². The van der Waals surface area contributed by atoms with E-state index < -0.39 is 0 Å². The topological polar surface area (TPSA) is 34.7 Å². The lowest BCUT2D eigenvalue weighted by molar-refractivity contribution is 0.629. The summed E-state index contributed by atoms with van der Waals surface area (Å²) in [6.07, 6.45) is 1.98. The molecule has 9 heteroatoms. The lowest BCUT2D eigenvalue weighted by Gasteiger charge is -2.15. The number of nitrogens with zero attached hydrogens (tertiary/aromatic N) is 5. The van der Waals surface area contributed by atoms with Crippen LogP contribution in [0, 0.1) is 0 Å². The molecule has 0 fully saturated rings. The Morgan fingerprint density at radius 3 is 2.37 bits per heavy atom. The summed E-state index contributed by atoms with van der Waals surface area (Å²) in [4.78, 5) is 13.8. The van der Waals surface area contributed by atoms with E-state index in [4.69, 9.17) is 12.2 Å². The first-order valence-corrected chi connectivity index (χ1v) is 9.20. The summed E-state index contributed by atoms with van der Waals surface area (Å²) in [7, 11) is 13.0. The minimum atomic E-state index is 0.560. The zero-order valence-electron chi connectivity index (χ0n) is 11.9. The number of hydrogen-bond donors (Lipinski definition) is 0. The monoisotopic (exact) mass is 336 g/mol. The van der Waals surface area contributed by atoms with Crippen molar-refractivity contribution < 1.29 is 0 Å². The van der Waals surface area contributed by atoms with Crippen LogP contribution in [0.5, 0.6) is 0 Å². The lowest BCUT2D eigenvalue weighted by atomic mass is 10.8. The summed E-state index contributed by atoms with van der Waals surface area (Å²) in [6, 6.07) is 0. The molecule has 5 nitrogen and oxygen atoms in total. The number of hydrogen-bond acceptors (Lipinski definition) is 5. The first kappa shape index (κ1) is 16.5. The molecular weight excluding hydrogens is 318 g/mol. The first-order valence-electron chi connectivity index (χ1n) is 5.42. The molecule has 0 unspecified atom stereocenters. The molecule has 0 aliphatic heterocycles. The maximum atomic E-state index is 5.21. The molecule has 0 aromatic carbocycles. The average molecular weight is 337 g/mol. The molecule has 0 spiro atoms. The maximum Gasteiger partial charge on any atom is 0.390 e. The highest BCUT2D eigenvalue weighted by molar-refractivity contribution is 8.13. The van der Waals surface area contributed by atoms with Crippen molar-refractivity contribution in [3.63, 3.8) is 0 Å². The van der Waals surface area contributed by atoms with Crippen molar-refractivity contribution in [1.29, 1.82) is 0 Å². The van der Waals surface area contributed by atoms with E-state index >= 15 is 0 Å². The Kier molecular flexibility index (Phi) is 6.37. The number of thioether (sulfide) groups is 1. The Balaban J connectivity index is 3.05. The summed E-state index contributed by atoms with van der Waals surface area (Å²) < 4.78 is 2.00. The van der Waals surface area contributed by atoms with Crippen molar-refractivity contribution in [2.45, 2.75) is 0 Å². The minimum absolute atomic E-state index is 0.560.